The Labute approximate surface area is 193 Å². The van der Waals surface area contributed by atoms with Crippen molar-refractivity contribution in [1.82, 2.24) is 14.5 Å². The molecule has 0 spiro atoms. The molecule has 3 aromatic rings. The van der Waals surface area contributed by atoms with E-state index in [9.17, 15) is 0 Å². The van der Waals surface area contributed by atoms with Crippen LogP contribution in [0.2, 0.25) is 0 Å². The van der Waals surface area contributed by atoms with Crippen LogP contribution in [0.15, 0.2) is 79.4 Å². The fourth-order valence-corrected chi connectivity index (χ4v) is 3.27. The third-order valence-electron chi connectivity index (χ3n) is 4.96. The summed E-state index contributed by atoms with van der Waals surface area (Å²) in [6.07, 6.45) is 14.0. The van der Waals surface area contributed by atoms with E-state index >= 15 is 0 Å². The number of hydrogen-bond donors (Lipinski definition) is 0. The van der Waals surface area contributed by atoms with Gasteiger partial charge in [-0.1, -0.05) is 73.4 Å². The number of hydrogen-bond acceptors (Lipinski definition) is 2. The first-order valence-electron chi connectivity index (χ1n) is 11.2. The minimum Gasteiger partial charge on any atom is -0.306 e. The Hall–Kier alpha value is -3.35. The third kappa shape index (κ3) is 7.72. The van der Waals surface area contributed by atoms with Crippen LogP contribution in [0.25, 0.3) is 17.8 Å². The van der Waals surface area contributed by atoms with Crippen molar-refractivity contribution in [3.8, 4) is 17.5 Å². The maximum Gasteiger partial charge on any atom is 0.0991 e. The van der Waals surface area contributed by atoms with Gasteiger partial charge in [-0.2, -0.15) is 0 Å². The fourth-order valence-electron chi connectivity index (χ4n) is 3.27. The van der Waals surface area contributed by atoms with Gasteiger partial charge in [-0.25, -0.2) is 4.98 Å². The molecule has 0 amide bonds. The van der Waals surface area contributed by atoms with E-state index in [1.807, 2.05) is 23.2 Å². The molecule has 1 aromatic heterocycles. The summed E-state index contributed by atoms with van der Waals surface area (Å²) in [4.78, 5) is 6.54. The molecule has 0 saturated heterocycles. The van der Waals surface area contributed by atoms with Crippen LogP contribution in [0.4, 0.5) is 0 Å². The average Bonchev–Trinajstić information content (AvgIpc) is 3.31. The summed E-state index contributed by atoms with van der Waals surface area (Å²) in [6, 6.07) is 17.2. The summed E-state index contributed by atoms with van der Waals surface area (Å²) in [5, 5.41) is 0. The number of aromatic nitrogens is 2. The van der Waals surface area contributed by atoms with Crippen LogP contribution in [-0.2, 0) is 6.54 Å². The zero-order valence-corrected chi connectivity index (χ0v) is 19.6. The topological polar surface area (TPSA) is 21.1 Å². The van der Waals surface area contributed by atoms with Crippen LogP contribution in [0, 0.1) is 17.3 Å². The van der Waals surface area contributed by atoms with Crippen molar-refractivity contribution in [2.75, 3.05) is 13.1 Å². The molecule has 3 rings (SSSR count). The Balaban J connectivity index is 1.63. The van der Waals surface area contributed by atoms with Gasteiger partial charge in [-0.3, -0.25) is 4.90 Å². The van der Waals surface area contributed by atoms with Crippen molar-refractivity contribution in [3.05, 3.63) is 96.1 Å². The maximum atomic E-state index is 4.13. The lowest BCUT2D eigenvalue weighted by Gasteiger charge is -2.18. The summed E-state index contributed by atoms with van der Waals surface area (Å²) >= 11 is 0. The zero-order valence-electron chi connectivity index (χ0n) is 19.6. The number of imidazole rings is 1. The SMILES string of the molecule is CCN(C/C=C/C#CC(C)(C)C)Cc1cccc(/C=C/c2cccc(-n3ccnc3)c2)c1. The van der Waals surface area contributed by atoms with Gasteiger partial charge in [-0.15, -0.1) is 0 Å². The molecule has 1 heterocycles. The highest BCUT2D eigenvalue weighted by Crippen LogP contribution is 2.15. The lowest BCUT2D eigenvalue weighted by atomic mass is 9.98. The van der Waals surface area contributed by atoms with Crippen molar-refractivity contribution in [2.24, 2.45) is 5.41 Å². The quantitative estimate of drug-likeness (QED) is 0.306. The minimum absolute atomic E-state index is 0.0452. The normalized spacial score (nSPS) is 11.9. The van der Waals surface area contributed by atoms with Gasteiger partial charge in [0.25, 0.3) is 0 Å². The fraction of sp³-hybridized carbons (Fsp3) is 0.276. The lowest BCUT2D eigenvalue weighted by molar-refractivity contribution is 0.311. The summed E-state index contributed by atoms with van der Waals surface area (Å²) in [6.45, 7) is 11.4. The molecule has 32 heavy (non-hydrogen) atoms. The Bertz CT molecular complexity index is 1100. The number of likely N-dealkylation sites (N-methyl/N-ethyl adjacent to an activating group) is 1. The van der Waals surface area contributed by atoms with Gasteiger partial charge < -0.3 is 4.57 Å². The van der Waals surface area contributed by atoms with E-state index in [-0.39, 0.29) is 5.41 Å². The molecular formula is C29H33N3. The van der Waals surface area contributed by atoms with Gasteiger partial charge in [0, 0.05) is 36.6 Å². The van der Waals surface area contributed by atoms with E-state index < -0.39 is 0 Å². The van der Waals surface area contributed by atoms with Crippen molar-refractivity contribution >= 4 is 12.2 Å². The highest BCUT2D eigenvalue weighted by atomic mass is 15.1. The van der Waals surface area contributed by atoms with E-state index in [0.29, 0.717) is 0 Å². The molecule has 0 aliphatic heterocycles. The summed E-state index contributed by atoms with van der Waals surface area (Å²) in [7, 11) is 0. The van der Waals surface area contributed by atoms with Crippen LogP contribution < -0.4 is 0 Å². The number of nitrogens with zero attached hydrogens (tertiary/aromatic N) is 3. The van der Waals surface area contributed by atoms with Crippen molar-refractivity contribution in [1.29, 1.82) is 0 Å². The summed E-state index contributed by atoms with van der Waals surface area (Å²) in [5.74, 6) is 6.39. The van der Waals surface area contributed by atoms with Crippen LogP contribution >= 0.6 is 0 Å². The van der Waals surface area contributed by atoms with Crippen LogP contribution in [-0.4, -0.2) is 27.5 Å². The van der Waals surface area contributed by atoms with Gasteiger partial charge in [0.05, 0.1) is 6.33 Å². The highest BCUT2D eigenvalue weighted by molar-refractivity contribution is 5.70. The van der Waals surface area contributed by atoms with E-state index in [1.165, 1.54) is 16.7 Å². The Morgan fingerprint density at radius 3 is 2.47 bits per heavy atom. The van der Waals surface area contributed by atoms with E-state index in [2.05, 4.69) is 116 Å². The van der Waals surface area contributed by atoms with E-state index in [1.54, 1.807) is 6.20 Å². The average molecular weight is 424 g/mol. The molecule has 0 atom stereocenters. The van der Waals surface area contributed by atoms with Gasteiger partial charge in [0.2, 0.25) is 0 Å². The Kier molecular flexibility index (Phi) is 8.25. The number of rotatable bonds is 8. The molecule has 164 valence electrons. The molecule has 3 nitrogen and oxygen atoms in total. The minimum atomic E-state index is 0.0452. The van der Waals surface area contributed by atoms with Crippen LogP contribution in [0.3, 0.4) is 0 Å². The molecule has 0 fully saturated rings. The van der Waals surface area contributed by atoms with Crippen LogP contribution in [0.5, 0.6) is 0 Å². The van der Waals surface area contributed by atoms with E-state index in [4.69, 9.17) is 0 Å². The smallest absolute Gasteiger partial charge is 0.0991 e. The second kappa shape index (κ2) is 11.3. The van der Waals surface area contributed by atoms with Gasteiger partial charge in [0.1, 0.15) is 0 Å². The first-order chi connectivity index (χ1) is 15.4. The van der Waals surface area contributed by atoms with Crippen molar-refractivity contribution in [2.45, 2.75) is 34.2 Å². The first kappa shape index (κ1) is 23.3. The summed E-state index contributed by atoms with van der Waals surface area (Å²) in [5.41, 5.74) is 4.84. The molecular weight excluding hydrogens is 390 g/mol. The Morgan fingerprint density at radius 1 is 1.03 bits per heavy atom. The Morgan fingerprint density at radius 2 is 1.78 bits per heavy atom. The highest BCUT2D eigenvalue weighted by Gasteiger charge is 2.04. The molecule has 0 bridgehead atoms. The van der Waals surface area contributed by atoms with Crippen molar-refractivity contribution in [3.63, 3.8) is 0 Å². The number of allylic oxidation sites excluding steroid dienone is 1. The van der Waals surface area contributed by atoms with Gasteiger partial charge in [0.15, 0.2) is 0 Å². The monoisotopic (exact) mass is 423 g/mol. The number of benzene rings is 2. The zero-order chi connectivity index (χ0) is 22.8. The van der Waals surface area contributed by atoms with Gasteiger partial charge in [-0.05, 0) is 62.2 Å². The van der Waals surface area contributed by atoms with Crippen molar-refractivity contribution < 1.29 is 0 Å². The van der Waals surface area contributed by atoms with E-state index in [0.717, 1.165) is 25.3 Å². The molecule has 3 heteroatoms. The molecule has 0 saturated carbocycles. The standard InChI is InChI=1S/C29H33N3/c1-5-31(19-8-6-7-17-29(2,3)4)23-27-13-9-11-25(21-27)15-16-26-12-10-14-28(22-26)32-20-18-30-24-32/h6,8-16,18,20-22,24H,5,19,23H2,1-4H3/b8-6+,16-15+. The van der Waals surface area contributed by atoms with Crippen LogP contribution in [0.1, 0.15) is 44.4 Å². The predicted octanol–water partition coefficient (Wildman–Crippen LogP) is 6.47. The second-order valence-corrected chi connectivity index (χ2v) is 8.89. The summed E-state index contributed by atoms with van der Waals surface area (Å²) < 4.78 is 2.01. The maximum absolute atomic E-state index is 4.13. The molecule has 0 unspecified atom stereocenters. The third-order valence-corrected chi connectivity index (χ3v) is 4.96. The molecule has 0 aliphatic rings. The first-order valence-corrected chi connectivity index (χ1v) is 11.2. The largest absolute Gasteiger partial charge is 0.306 e. The molecule has 0 aliphatic carbocycles. The molecule has 0 N–H and O–H groups in total. The molecule has 2 aromatic carbocycles. The second-order valence-electron chi connectivity index (χ2n) is 8.89. The van der Waals surface area contributed by atoms with Gasteiger partial charge >= 0.3 is 0 Å². The molecule has 0 radical (unpaired) electrons. The lowest BCUT2D eigenvalue weighted by Crippen LogP contribution is -2.22. The predicted molar refractivity (Wildman–Crippen MR) is 136 cm³/mol.